The minimum Gasteiger partial charge on any atom is -0.505 e. The number of anilines is 1. The standard InChI is InChI=1S/C26H32FNO2/c1-18(11-13-22-20(3)10-7-15-26(22,4)5)8-6-9-19(2)16-25(30)28-21-12-14-24(29)23(27)17-21/h6,8-9,11-14,16-17,29H,7,10,15H2,1-5H3,(H,28,30)/b9-6+,13-11+,18-8+,19-16+. The van der Waals surface area contributed by atoms with Crippen molar-refractivity contribution < 1.29 is 14.3 Å². The largest absolute Gasteiger partial charge is 0.505 e. The summed E-state index contributed by atoms with van der Waals surface area (Å²) in [6, 6.07) is 3.72. The maximum absolute atomic E-state index is 13.3. The molecule has 3 nitrogen and oxygen atoms in total. The Hall–Kier alpha value is -2.88. The molecule has 0 spiro atoms. The van der Waals surface area contributed by atoms with Crippen LogP contribution >= 0.6 is 0 Å². The number of benzene rings is 1. The van der Waals surface area contributed by atoms with Gasteiger partial charge in [-0.2, -0.15) is 0 Å². The molecule has 1 aromatic carbocycles. The maximum Gasteiger partial charge on any atom is 0.248 e. The van der Waals surface area contributed by atoms with Gasteiger partial charge in [0.25, 0.3) is 0 Å². The fraction of sp³-hybridized carbons (Fsp3) is 0.346. The van der Waals surface area contributed by atoms with Gasteiger partial charge in [0.1, 0.15) is 0 Å². The summed E-state index contributed by atoms with van der Waals surface area (Å²) in [5.74, 6) is -1.58. The topological polar surface area (TPSA) is 49.3 Å². The smallest absolute Gasteiger partial charge is 0.248 e. The number of phenolic OH excluding ortho intramolecular Hbond substituents is 1. The van der Waals surface area contributed by atoms with Crippen LogP contribution in [0.4, 0.5) is 10.1 Å². The summed E-state index contributed by atoms with van der Waals surface area (Å²) in [5.41, 5.74) is 5.33. The van der Waals surface area contributed by atoms with Gasteiger partial charge >= 0.3 is 0 Å². The molecule has 4 heteroatoms. The second kappa shape index (κ2) is 10.2. The van der Waals surface area contributed by atoms with E-state index < -0.39 is 11.6 Å². The van der Waals surface area contributed by atoms with Crippen LogP contribution in [0.15, 0.2) is 76.9 Å². The molecule has 0 heterocycles. The number of halogens is 1. The molecule has 0 saturated carbocycles. The van der Waals surface area contributed by atoms with E-state index >= 15 is 0 Å². The predicted octanol–water partition coefficient (Wildman–Crippen LogP) is 7.00. The Morgan fingerprint density at radius 1 is 1.20 bits per heavy atom. The van der Waals surface area contributed by atoms with Gasteiger partial charge in [0.2, 0.25) is 5.91 Å². The second-order valence-electron chi connectivity index (χ2n) is 8.58. The van der Waals surface area contributed by atoms with E-state index in [2.05, 4.69) is 45.2 Å². The summed E-state index contributed by atoms with van der Waals surface area (Å²) in [5, 5.41) is 11.8. The quantitative estimate of drug-likeness (QED) is 0.302. The van der Waals surface area contributed by atoms with E-state index in [-0.39, 0.29) is 11.3 Å². The monoisotopic (exact) mass is 409 g/mol. The zero-order chi connectivity index (χ0) is 22.3. The Labute approximate surface area is 179 Å². The maximum atomic E-state index is 13.3. The Bertz CT molecular complexity index is 946. The van der Waals surface area contributed by atoms with Crippen molar-refractivity contribution in [3.8, 4) is 5.75 Å². The van der Waals surface area contributed by atoms with Crippen molar-refractivity contribution in [1.82, 2.24) is 0 Å². The first kappa shape index (κ1) is 23.4. The van der Waals surface area contributed by atoms with Gasteiger partial charge in [-0.25, -0.2) is 4.39 Å². The minimum atomic E-state index is -0.773. The van der Waals surface area contributed by atoms with Crippen molar-refractivity contribution in [3.63, 3.8) is 0 Å². The van der Waals surface area contributed by atoms with E-state index in [9.17, 15) is 14.3 Å². The van der Waals surface area contributed by atoms with Gasteiger partial charge in [0.15, 0.2) is 11.6 Å². The summed E-state index contributed by atoms with van der Waals surface area (Å²) in [4.78, 5) is 12.0. The van der Waals surface area contributed by atoms with Crippen LogP contribution in [0.3, 0.4) is 0 Å². The number of amides is 1. The first-order chi connectivity index (χ1) is 14.1. The van der Waals surface area contributed by atoms with Gasteiger partial charge in [-0.3, -0.25) is 4.79 Å². The Morgan fingerprint density at radius 3 is 2.60 bits per heavy atom. The lowest BCUT2D eigenvalue weighted by molar-refractivity contribution is -0.111. The van der Waals surface area contributed by atoms with Crippen LogP contribution in [-0.2, 0) is 4.79 Å². The number of aromatic hydroxyl groups is 1. The summed E-state index contributed by atoms with van der Waals surface area (Å²) in [6.07, 6.45) is 15.2. The lowest BCUT2D eigenvalue weighted by atomic mass is 9.72. The molecule has 0 fully saturated rings. The first-order valence-electron chi connectivity index (χ1n) is 10.3. The summed E-state index contributed by atoms with van der Waals surface area (Å²) >= 11 is 0. The average molecular weight is 410 g/mol. The molecular formula is C26H32FNO2. The minimum absolute atomic E-state index is 0.224. The fourth-order valence-electron chi connectivity index (χ4n) is 3.65. The molecule has 0 atom stereocenters. The molecule has 2 rings (SSSR count). The summed E-state index contributed by atoms with van der Waals surface area (Å²) in [7, 11) is 0. The Balaban J connectivity index is 1.97. The highest BCUT2D eigenvalue weighted by molar-refractivity contribution is 6.00. The first-order valence-corrected chi connectivity index (χ1v) is 10.3. The van der Waals surface area contributed by atoms with Crippen LogP contribution in [0.25, 0.3) is 0 Å². The highest BCUT2D eigenvalue weighted by Crippen LogP contribution is 2.40. The third-order valence-electron chi connectivity index (χ3n) is 5.35. The number of carbonyl (C=O) groups excluding carboxylic acids is 1. The summed E-state index contributed by atoms with van der Waals surface area (Å²) in [6.45, 7) is 10.7. The number of carbonyl (C=O) groups is 1. The average Bonchev–Trinajstić information content (AvgIpc) is 2.63. The molecule has 2 N–H and O–H groups in total. The number of hydrogen-bond donors (Lipinski definition) is 2. The third-order valence-corrected chi connectivity index (χ3v) is 5.35. The van der Waals surface area contributed by atoms with Gasteiger partial charge in [0, 0.05) is 17.8 Å². The van der Waals surface area contributed by atoms with E-state index in [0.29, 0.717) is 5.69 Å². The summed E-state index contributed by atoms with van der Waals surface area (Å²) < 4.78 is 13.3. The zero-order valence-electron chi connectivity index (χ0n) is 18.6. The molecule has 0 aliphatic heterocycles. The molecule has 0 aromatic heterocycles. The number of hydrogen-bond acceptors (Lipinski definition) is 2. The van der Waals surface area contributed by atoms with Gasteiger partial charge in [-0.1, -0.05) is 55.4 Å². The van der Waals surface area contributed by atoms with Crippen LogP contribution in [0.5, 0.6) is 5.75 Å². The Morgan fingerprint density at radius 2 is 1.93 bits per heavy atom. The highest BCUT2D eigenvalue weighted by Gasteiger charge is 2.26. The zero-order valence-corrected chi connectivity index (χ0v) is 18.6. The molecule has 1 amide bonds. The van der Waals surface area contributed by atoms with Crippen molar-refractivity contribution in [2.24, 2.45) is 5.41 Å². The van der Waals surface area contributed by atoms with Crippen molar-refractivity contribution in [1.29, 1.82) is 0 Å². The third kappa shape index (κ3) is 6.87. The van der Waals surface area contributed by atoms with E-state index in [1.165, 1.54) is 48.6 Å². The molecule has 30 heavy (non-hydrogen) atoms. The molecule has 0 unspecified atom stereocenters. The lowest BCUT2D eigenvalue weighted by Crippen LogP contribution is -2.19. The second-order valence-corrected chi connectivity index (χ2v) is 8.58. The normalized spacial score (nSPS) is 17.8. The molecular weight excluding hydrogens is 377 g/mol. The van der Waals surface area contributed by atoms with Gasteiger partial charge in [-0.15, -0.1) is 0 Å². The van der Waals surface area contributed by atoms with Crippen LogP contribution in [0, 0.1) is 11.2 Å². The van der Waals surface area contributed by atoms with Crippen LogP contribution in [0.2, 0.25) is 0 Å². The molecule has 1 aliphatic rings. The van der Waals surface area contributed by atoms with Crippen molar-refractivity contribution in [2.45, 2.75) is 53.9 Å². The van der Waals surface area contributed by atoms with Crippen LogP contribution in [-0.4, -0.2) is 11.0 Å². The van der Waals surface area contributed by atoms with E-state index in [1.807, 2.05) is 25.2 Å². The molecule has 160 valence electrons. The van der Waals surface area contributed by atoms with E-state index in [1.54, 1.807) is 0 Å². The molecule has 0 radical (unpaired) electrons. The van der Waals surface area contributed by atoms with Crippen molar-refractivity contribution in [3.05, 3.63) is 82.8 Å². The number of phenols is 1. The van der Waals surface area contributed by atoms with Crippen LogP contribution in [0.1, 0.15) is 53.9 Å². The fourth-order valence-corrected chi connectivity index (χ4v) is 3.65. The lowest BCUT2D eigenvalue weighted by Gasteiger charge is -2.32. The number of allylic oxidation sites excluding steroid dienone is 9. The highest BCUT2D eigenvalue weighted by atomic mass is 19.1. The van der Waals surface area contributed by atoms with Crippen molar-refractivity contribution >= 4 is 11.6 Å². The predicted molar refractivity (Wildman–Crippen MR) is 123 cm³/mol. The molecule has 1 aromatic rings. The van der Waals surface area contributed by atoms with E-state index in [4.69, 9.17) is 0 Å². The Kier molecular flexibility index (Phi) is 7.99. The molecule has 0 bridgehead atoms. The van der Waals surface area contributed by atoms with Crippen LogP contribution < -0.4 is 5.32 Å². The SMILES string of the molecule is CC1=C(/C=C/C(C)=C/C=C/C(C)=C/C(=O)Nc2ccc(O)c(F)c2)C(C)(C)CCC1. The van der Waals surface area contributed by atoms with E-state index in [0.717, 1.165) is 17.2 Å². The van der Waals surface area contributed by atoms with Gasteiger partial charge < -0.3 is 10.4 Å². The van der Waals surface area contributed by atoms with Gasteiger partial charge in [0.05, 0.1) is 0 Å². The molecule has 0 saturated heterocycles. The number of rotatable bonds is 6. The van der Waals surface area contributed by atoms with Gasteiger partial charge in [-0.05, 0) is 68.7 Å². The molecule has 1 aliphatic carbocycles. The van der Waals surface area contributed by atoms with Crippen molar-refractivity contribution in [2.75, 3.05) is 5.32 Å². The number of nitrogens with one attached hydrogen (secondary N) is 1.